The number of thioether (sulfide) groups is 1. The number of amides is 1. The normalized spacial score (nSPS) is 18.3. The van der Waals surface area contributed by atoms with Gasteiger partial charge in [0.2, 0.25) is 5.91 Å². The van der Waals surface area contributed by atoms with Gasteiger partial charge in [-0.1, -0.05) is 6.07 Å². The van der Waals surface area contributed by atoms with Crippen molar-refractivity contribution in [2.75, 3.05) is 11.1 Å². The van der Waals surface area contributed by atoms with Crippen LogP contribution in [0.2, 0.25) is 0 Å². The minimum atomic E-state index is -0.0484. The average Bonchev–Trinajstić information content (AvgIpc) is 2.76. The first-order valence-corrected chi connectivity index (χ1v) is 7.22. The van der Waals surface area contributed by atoms with E-state index >= 15 is 0 Å². The first-order chi connectivity index (χ1) is 8.65. The highest BCUT2D eigenvalue weighted by Gasteiger charge is 2.23. The molecule has 1 unspecified atom stereocenters. The van der Waals surface area contributed by atoms with Crippen molar-refractivity contribution in [1.82, 2.24) is 4.98 Å². The van der Waals surface area contributed by atoms with Gasteiger partial charge >= 0.3 is 0 Å². The Morgan fingerprint density at radius 3 is 3.00 bits per heavy atom. The van der Waals surface area contributed by atoms with Crippen molar-refractivity contribution in [2.24, 2.45) is 0 Å². The molecule has 1 atom stereocenters. The van der Waals surface area contributed by atoms with Crippen molar-refractivity contribution in [2.45, 2.75) is 17.1 Å². The number of fused-ring (bicyclic) bond motifs is 1. The molecule has 0 spiro atoms. The van der Waals surface area contributed by atoms with Crippen LogP contribution in [0.1, 0.15) is 6.92 Å². The highest BCUT2D eigenvalue weighted by atomic mass is 32.2. The summed E-state index contributed by atoms with van der Waals surface area (Å²) in [6, 6.07) is 5.92. The van der Waals surface area contributed by atoms with E-state index in [0.717, 1.165) is 21.8 Å². The van der Waals surface area contributed by atoms with E-state index in [2.05, 4.69) is 10.3 Å². The lowest BCUT2D eigenvalue weighted by atomic mass is 10.1. The Balaban J connectivity index is 2.04. The van der Waals surface area contributed by atoms with Gasteiger partial charge in [-0.05, 0) is 19.1 Å². The quantitative estimate of drug-likeness (QED) is 0.841. The number of nitrogens with one attached hydrogen (secondary N) is 1. The molecule has 1 aliphatic rings. The zero-order valence-corrected chi connectivity index (χ0v) is 11.3. The Hall–Kier alpha value is -1.53. The van der Waals surface area contributed by atoms with Crippen LogP contribution in [-0.4, -0.2) is 16.1 Å². The largest absolute Gasteiger partial charge is 0.389 e. The number of carbonyl (C=O) groups is 1. The van der Waals surface area contributed by atoms with E-state index in [4.69, 9.17) is 5.73 Å². The van der Waals surface area contributed by atoms with E-state index in [9.17, 15) is 4.79 Å². The monoisotopic (exact) mass is 277 g/mol. The highest BCUT2D eigenvalue weighted by Crippen LogP contribution is 2.38. The molecule has 1 amide bonds. The number of rotatable bonds is 1. The molecule has 0 saturated heterocycles. The molecule has 1 aromatic heterocycles. The number of thiazole rings is 1. The van der Waals surface area contributed by atoms with Gasteiger partial charge in [0.05, 0.1) is 16.4 Å². The molecular formula is C12H11N3OS2. The number of nitrogens with zero attached hydrogens (tertiary/aromatic N) is 1. The van der Waals surface area contributed by atoms with Gasteiger partial charge < -0.3 is 11.1 Å². The van der Waals surface area contributed by atoms with Crippen LogP contribution in [0.15, 0.2) is 28.6 Å². The molecule has 0 fully saturated rings. The number of hydrogen-bond acceptors (Lipinski definition) is 5. The molecule has 18 heavy (non-hydrogen) atoms. The molecule has 0 saturated carbocycles. The van der Waals surface area contributed by atoms with Gasteiger partial charge in [0.25, 0.3) is 0 Å². The van der Waals surface area contributed by atoms with Crippen LogP contribution in [0.5, 0.6) is 0 Å². The molecule has 3 N–H and O–H groups in total. The molecule has 92 valence electrons. The molecule has 2 aromatic rings. The molecule has 0 bridgehead atoms. The molecule has 1 aromatic carbocycles. The summed E-state index contributed by atoms with van der Waals surface area (Å²) in [7, 11) is 0. The fourth-order valence-electron chi connectivity index (χ4n) is 1.83. The summed E-state index contributed by atoms with van der Waals surface area (Å²) in [5.41, 5.74) is 10.1. The topological polar surface area (TPSA) is 68.0 Å². The van der Waals surface area contributed by atoms with Gasteiger partial charge in [0.1, 0.15) is 10.7 Å². The number of benzene rings is 1. The van der Waals surface area contributed by atoms with E-state index in [-0.39, 0.29) is 11.2 Å². The summed E-state index contributed by atoms with van der Waals surface area (Å²) in [4.78, 5) is 17.0. The van der Waals surface area contributed by atoms with E-state index in [1.807, 2.05) is 25.1 Å². The van der Waals surface area contributed by atoms with E-state index in [0.29, 0.717) is 5.00 Å². The summed E-state index contributed by atoms with van der Waals surface area (Å²) < 4.78 is 0. The SMILES string of the molecule is CC1Sc2ccc(-c3ncsc3N)cc2NC1=O. The first-order valence-electron chi connectivity index (χ1n) is 5.46. The maximum absolute atomic E-state index is 11.7. The van der Waals surface area contributed by atoms with Crippen molar-refractivity contribution in [3.63, 3.8) is 0 Å². The van der Waals surface area contributed by atoms with Crippen molar-refractivity contribution in [1.29, 1.82) is 0 Å². The zero-order valence-electron chi connectivity index (χ0n) is 9.64. The average molecular weight is 277 g/mol. The maximum Gasteiger partial charge on any atom is 0.237 e. The van der Waals surface area contributed by atoms with E-state index < -0.39 is 0 Å². The summed E-state index contributed by atoms with van der Waals surface area (Å²) in [5, 5.41) is 3.55. The summed E-state index contributed by atoms with van der Waals surface area (Å²) in [6.07, 6.45) is 0. The number of aromatic nitrogens is 1. The number of nitrogen functional groups attached to an aromatic ring is 1. The molecule has 0 radical (unpaired) electrons. The Bertz CT molecular complexity index is 624. The maximum atomic E-state index is 11.7. The van der Waals surface area contributed by atoms with Crippen molar-refractivity contribution in [3.05, 3.63) is 23.7 Å². The predicted octanol–water partition coefficient (Wildman–Crippen LogP) is 2.82. The molecule has 6 heteroatoms. The fourth-order valence-corrected chi connectivity index (χ4v) is 3.31. The molecule has 3 rings (SSSR count). The van der Waals surface area contributed by atoms with E-state index in [1.54, 1.807) is 17.3 Å². The van der Waals surface area contributed by atoms with Gasteiger partial charge in [-0.3, -0.25) is 4.79 Å². The van der Waals surface area contributed by atoms with Crippen LogP contribution in [0.25, 0.3) is 11.3 Å². The second-order valence-corrected chi connectivity index (χ2v) is 6.29. The summed E-state index contributed by atoms with van der Waals surface area (Å²) in [6.45, 7) is 1.90. The number of hydrogen-bond donors (Lipinski definition) is 2. The van der Waals surface area contributed by atoms with Gasteiger partial charge in [0, 0.05) is 10.5 Å². The van der Waals surface area contributed by atoms with Gasteiger partial charge in [-0.25, -0.2) is 4.98 Å². The standard InChI is InChI=1S/C12H11N3OS2/c1-6-12(16)15-8-4-7(2-3-9(8)18-6)10-11(13)17-5-14-10/h2-6H,13H2,1H3,(H,15,16). The number of carbonyl (C=O) groups excluding carboxylic acids is 1. The Labute approximate surface area is 113 Å². The Kier molecular flexibility index (Phi) is 2.76. The van der Waals surface area contributed by atoms with Crippen LogP contribution in [0.3, 0.4) is 0 Å². The number of anilines is 2. The second kappa shape index (κ2) is 4.29. The van der Waals surface area contributed by atoms with Crippen LogP contribution >= 0.6 is 23.1 Å². The first kappa shape index (κ1) is 11.6. The lowest BCUT2D eigenvalue weighted by Gasteiger charge is -2.21. The van der Waals surface area contributed by atoms with Crippen LogP contribution < -0.4 is 11.1 Å². The van der Waals surface area contributed by atoms with Gasteiger partial charge in [-0.15, -0.1) is 23.1 Å². The van der Waals surface area contributed by atoms with Crippen LogP contribution in [0, 0.1) is 0 Å². The molecule has 0 aliphatic carbocycles. The number of nitrogens with two attached hydrogens (primary N) is 1. The minimum Gasteiger partial charge on any atom is -0.389 e. The van der Waals surface area contributed by atoms with E-state index in [1.165, 1.54) is 11.3 Å². The third kappa shape index (κ3) is 1.87. The third-order valence-electron chi connectivity index (χ3n) is 2.78. The Morgan fingerprint density at radius 1 is 1.44 bits per heavy atom. The minimum absolute atomic E-state index is 0.0379. The second-order valence-electron chi connectivity index (χ2n) is 4.03. The van der Waals surface area contributed by atoms with Gasteiger partial charge in [0.15, 0.2) is 0 Å². The lowest BCUT2D eigenvalue weighted by Crippen LogP contribution is -2.26. The fraction of sp³-hybridized carbons (Fsp3) is 0.167. The lowest BCUT2D eigenvalue weighted by molar-refractivity contribution is -0.115. The highest BCUT2D eigenvalue weighted by molar-refractivity contribution is 8.00. The van der Waals surface area contributed by atoms with Crippen LogP contribution in [0.4, 0.5) is 10.7 Å². The van der Waals surface area contributed by atoms with Crippen molar-refractivity contribution in [3.8, 4) is 11.3 Å². The third-order valence-corrected chi connectivity index (χ3v) is 4.61. The Morgan fingerprint density at radius 2 is 2.28 bits per heavy atom. The summed E-state index contributed by atoms with van der Waals surface area (Å²) in [5.74, 6) is 0.0379. The molecule has 2 heterocycles. The zero-order chi connectivity index (χ0) is 12.7. The molecule has 1 aliphatic heterocycles. The smallest absolute Gasteiger partial charge is 0.237 e. The van der Waals surface area contributed by atoms with Crippen molar-refractivity contribution < 1.29 is 4.79 Å². The van der Waals surface area contributed by atoms with Gasteiger partial charge in [-0.2, -0.15) is 0 Å². The van der Waals surface area contributed by atoms with Crippen LogP contribution in [-0.2, 0) is 4.79 Å². The molecular weight excluding hydrogens is 266 g/mol. The van der Waals surface area contributed by atoms with Crippen molar-refractivity contribution >= 4 is 39.7 Å². The molecule has 4 nitrogen and oxygen atoms in total. The predicted molar refractivity (Wildman–Crippen MR) is 75.9 cm³/mol. The summed E-state index contributed by atoms with van der Waals surface area (Å²) >= 11 is 2.98.